The zero-order valence-electron chi connectivity index (χ0n) is 8.30. The molecular weight excluding hydrogens is 184 g/mol. The fourth-order valence-electron chi connectivity index (χ4n) is 1.17. The van der Waals surface area contributed by atoms with Gasteiger partial charge in [-0.25, -0.2) is 0 Å². The van der Waals surface area contributed by atoms with Crippen molar-refractivity contribution in [1.29, 1.82) is 0 Å². The first-order chi connectivity index (χ1) is 6.24. The van der Waals surface area contributed by atoms with Crippen molar-refractivity contribution in [3.05, 3.63) is 0 Å². The molecule has 0 bridgehead atoms. The first kappa shape index (κ1) is 10.9. The molecule has 0 aliphatic carbocycles. The second-order valence-electron chi connectivity index (χ2n) is 3.38. The predicted octanol–water partition coefficient (Wildman–Crippen LogP) is 0.606. The van der Waals surface area contributed by atoms with Crippen molar-refractivity contribution in [1.82, 2.24) is 10.6 Å². The maximum absolute atomic E-state index is 11.6. The number of hydrogen-bond donors (Lipinski definition) is 2. The largest absolute Gasteiger partial charge is 0.353 e. The van der Waals surface area contributed by atoms with Gasteiger partial charge in [0.05, 0.1) is 5.25 Å². The summed E-state index contributed by atoms with van der Waals surface area (Å²) in [6, 6.07) is 0.301. The highest BCUT2D eigenvalue weighted by Gasteiger charge is 2.21. The van der Waals surface area contributed by atoms with E-state index in [4.69, 9.17) is 0 Å². The minimum Gasteiger partial charge on any atom is -0.353 e. The second kappa shape index (κ2) is 5.50. The van der Waals surface area contributed by atoms with Gasteiger partial charge in [0, 0.05) is 24.9 Å². The standard InChI is InChI=1S/C9H18N2OS/c1-3-7(2)11-9(12)8-6-10-4-5-13-8/h7-8,10H,3-6H2,1-2H3,(H,11,12). The van der Waals surface area contributed by atoms with Crippen LogP contribution in [0.5, 0.6) is 0 Å². The summed E-state index contributed by atoms with van der Waals surface area (Å²) in [4.78, 5) is 11.6. The highest BCUT2D eigenvalue weighted by molar-refractivity contribution is 8.00. The molecule has 0 radical (unpaired) electrons. The Morgan fingerprint density at radius 1 is 1.77 bits per heavy atom. The minimum absolute atomic E-state index is 0.114. The summed E-state index contributed by atoms with van der Waals surface area (Å²) in [5.41, 5.74) is 0. The van der Waals surface area contributed by atoms with E-state index in [2.05, 4.69) is 17.6 Å². The summed E-state index contributed by atoms with van der Waals surface area (Å²) < 4.78 is 0. The Hall–Kier alpha value is -0.220. The lowest BCUT2D eigenvalue weighted by molar-refractivity contribution is -0.121. The third-order valence-electron chi connectivity index (χ3n) is 2.22. The van der Waals surface area contributed by atoms with E-state index in [1.165, 1.54) is 0 Å². The molecular formula is C9H18N2OS. The lowest BCUT2D eigenvalue weighted by Crippen LogP contribution is -2.45. The molecule has 13 heavy (non-hydrogen) atoms. The minimum atomic E-state index is 0.114. The van der Waals surface area contributed by atoms with Crippen molar-refractivity contribution < 1.29 is 4.79 Å². The van der Waals surface area contributed by atoms with Crippen molar-refractivity contribution in [2.75, 3.05) is 18.8 Å². The molecule has 1 amide bonds. The molecule has 2 atom stereocenters. The Kier molecular flexibility index (Phi) is 4.59. The number of carbonyl (C=O) groups excluding carboxylic acids is 1. The van der Waals surface area contributed by atoms with Crippen molar-refractivity contribution in [2.45, 2.75) is 31.6 Å². The van der Waals surface area contributed by atoms with E-state index < -0.39 is 0 Å². The Labute approximate surface area is 84.0 Å². The van der Waals surface area contributed by atoms with Crippen LogP contribution in [0.2, 0.25) is 0 Å². The van der Waals surface area contributed by atoms with E-state index in [0.717, 1.165) is 25.3 Å². The molecule has 2 unspecified atom stereocenters. The van der Waals surface area contributed by atoms with E-state index in [1.54, 1.807) is 11.8 Å². The van der Waals surface area contributed by atoms with Gasteiger partial charge in [-0.15, -0.1) is 11.8 Å². The topological polar surface area (TPSA) is 41.1 Å². The van der Waals surface area contributed by atoms with Crippen LogP contribution in [0.3, 0.4) is 0 Å². The molecule has 0 aromatic carbocycles. The van der Waals surface area contributed by atoms with Gasteiger partial charge >= 0.3 is 0 Å². The van der Waals surface area contributed by atoms with E-state index in [9.17, 15) is 4.79 Å². The first-order valence-corrected chi connectivity index (χ1v) is 5.91. The average molecular weight is 202 g/mol. The van der Waals surface area contributed by atoms with Crippen molar-refractivity contribution >= 4 is 17.7 Å². The lowest BCUT2D eigenvalue weighted by atomic mass is 10.2. The van der Waals surface area contributed by atoms with Crippen LogP contribution in [-0.2, 0) is 4.79 Å². The summed E-state index contributed by atoms with van der Waals surface area (Å²) in [6.45, 7) is 5.96. The fourth-order valence-corrected chi connectivity index (χ4v) is 2.17. The van der Waals surface area contributed by atoms with Crippen LogP contribution < -0.4 is 10.6 Å². The summed E-state index contributed by atoms with van der Waals surface area (Å²) in [6.07, 6.45) is 0.997. The normalized spacial score (nSPS) is 25.2. The maximum atomic E-state index is 11.6. The molecule has 2 N–H and O–H groups in total. The molecule has 1 saturated heterocycles. The number of rotatable bonds is 3. The third-order valence-corrected chi connectivity index (χ3v) is 3.44. The van der Waals surface area contributed by atoms with Crippen LogP contribution in [0.25, 0.3) is 0 Å². The summed E-state index contributed by atoms with van der Waals surface area (Å²) in [5, 5.41) is 6.34. The Balaban J connectivity index is 2.29. The van der Waals surface area contributed by atoms with Gasteiger partial charge < -0.3 is 10.6 Å². The zero-order valence-corrected chi connectivity index (χ0v) is 9.12. The monoisotopic (exact) mass is 202 g/mol. The molecule has 1 fully saturated rings. The van der Waals surface area contributed by atoms with Gasteiger partial charge in [0.25, 0.3) is 0 Å². The first-order valence-electron chi connectivity index (χ1n) is 4.86. The summed E-state index contributed by atoms with van der Waals surface area (Å²) in [7, 11) is 0. The fraction of sp³-hybridized carbons (Fsp3) is 0.889. The number of hydrogen-bond acceptors (Lipinski definition) is 3. The average Bonchev–Trinajstić information content (AvgIpc) is 2.19. The van der Waals surface area contributed by atoms with Crippen LogP contribution >= 0.6 is 11.8 Å². The highest BCUT2D eigenvalue weighted by atomic mass is 32.2. The van der Waals surface area contributed by atoms with E-state index in [0.29, 0.717) is 6.04 Å². The number of carbonyl (C=O) groups is 1. The molecule has 0 saturated carbocycles. The molecule has 1 heterocycles. The second-order valence-corrected chi connectivity index (χ2v) is 4.69. The van der Waals surface area contributed by atoms with Crippen LogP contribution in [0.4, 0.5) is 0 Å². The van der Waals surface area contributed by atoms with Crippen LogP contribution in [0, 0.1) is 0 Å². The SMILES string of the molecule is CCC(C)NC(=O)C1CNCCS1. The number of amides is 1. The zero-order chi connectivity index (χ0) is 9.68. The van der Waals surface area contributed by atoms with Crippen molar-refractivity contribution in [3.8, 4) is 0 Å². The van der Waals surface area contributed by atoms with E-state index in [-0.39, 0.29) is 11.2 Å². The van der Waals surface area contributed by atoms with Gasteiger partial charge in [-0.3, -0.25) is 4.79 Å². The molecule has 0 spiro atoms. The van der Waals surface area contributed by atoms with Crippen LogP contribution in [0.1, 0.15) is 20.3 Å². The molecule has 1 aliphatic heterocycles. The predicted molar refractivity (Wildman–Crippen MR) is 57.0 cm³/mol. The molecule has 76 valence electrons. The maximum Gasteiger partial charge on any atom is 0.234 e. The third kappa shape index (κ3) is 3.56. The van der Waals surface area contributed by atoms with Gasteiger partial charge in [0.2, 0.25) is 5.91 Å². The number of thioether (sulfide) groups is 1. The van der Waals surface area contributed by atoms with Crippen molar-refractivity contribution in [3.63, 3.8) is 0 Å². The molecule has 1 rings (SSSR count). The van der Waals surface area contributed by atoms with E-state index in [1.807, 2.05) is 6.92 Å². The van der Waals surface area contributed by atoms with E-state index >= 15 is 0 Å². The smallest absolute Gasteiger partial charge is 0.234 e. The lowest BCUT2D eigenvalue weighted by Gasteiger charge is -2.23. The van der Waals surface area contributed by atoms with Crippen LogP contribution in [-0.4, -0.2) is 36.0 Å². The van der Waals surface area contributed by atoms with Gasteiger partial charge in [0.15, 0.2) is 0 Å². The van der Waals surface area contributed by atoms with Gasteiger partial charge in [-0.05, 0) is 13.3 Å². The molecule has 4 heteroatoms. The Morgan fingerprint density at radius 2 is 2.54 bits per heavy atom. The van der Waals surface area contributed by atoms with Crippen molar-refractivity contribution in [2.24, 2.45) is 0 Å². The van der Waals surface area contributed by atoms with Gasteiger partial charge in [0.1, 0.15) is 0 Å². The Morgan fingerprint density at radius 3 is 3.08 bits per heavy atom. The summed E-state index contributed by atoms with van der Waals surface area (Å²) >= 11 is 1.75. The molecule has 1 aliphatic rings. The molecule has 0 aromatic heterocycles. The quantitative estimate of drug-likeness (QED) is 0.704. The van der Waals surface area contributed by atoms with Gasteiger partial charge in [-0.1, -0.05) is 6.92 Å². The van der Waals surface area contributed by atoms with Gasteiger partial charge in [-0.2, -0.15) is 0 Å². The Bertz CT molecular complexity index is 169. The summed E-state index contributed by atoms with van der Waals surface area (Å²) in [5.74, 6) is 1.23. The number of nitrogens with one attached hydrogen (secondary N) is 2. The highest BCUT2D eigenvalue weighted by Crippen LogP contribution is 2.13. The molecule has 0 aromatic rings. The van der Waals surface area contributed by atoms with Crippen LogP contribution in [0.15, 0.2) is 0 Å². The molecule has 3 nitrogen and oxygen atoms in total.